The Morgan fingerprint density at radius 3 is 2.82 bits per heavy atom. The fourth-order valence-electron chi connectivity index (χ4n) is 2.16. The predicted octanol–water partition coefficient (Wildman–Crippen LogP) is 1.99. The van der Waals surface area contributed by atoms with E-state index in [9.17, 15) is 9.18 Å². The average molecular weight is 239 g/mol. The molecule has 1 aromatic rings. The molecule has 1 aromatic heterocycles. The van der Waals surface area contributed by atoms with E-state index in [1.165, 1.54) is 17.2 Å². The van der Waals surface area contributed by atoms with Crippen molar-refractivity contribution in [2.45, 2.75) is 32.9 Å². The van der Waals surface area contributed by atoms with Crippen molar-refractivity contribution in [1.29, 1.82) is 0 Å². The Balaban J connectivity index is 2.38. The van der Waals surface area contributed by atoms with Crippen molar-refractivity contribution in [3.8, 4) is 0 Å². The van der Waals surface area contributed by atoms with Crippen molar-refractivity contribution >= 4 is 11.9 Å². The Kier molecular flexibility index (Phi) is 2.95. The third-order valence-corrected chi connectivity index (χ3v) is 2.80. The first-order valence-corrected chi connectivity index (χ1v) is 5.49. The SMILES string of the molecule is CC(C)[C@H]1C(C)OC(=O)N1c1ccnc(F)n1. The Labute approximate surface area is 98.6 Å². The maximum absolute atomic E-state index is 13.0. The van der Waals surface area contributed by atoms with Crippen molar-refractivity contribution in [3.63, 3.8) is 0 Å². The summed E-state index contributed by atoms with van der Waals surface area (Å²) < 4.78 is 18.1. The fraction of sp³-hybridized carbons (Fsp3) is 0.545. The summed E-state index contributed by atoms with van der Waals surface area (Å²) in [5.74, 6) is 0.431. The molecule has 2 atom stereocenters. The number of hydrogen-bond donors (Lipinski definition) is 0. The summed E-state index contributed by atoms with van der Waals surface area (Å²) >= 11 is 0. The van der Waals surface area contributed by atoms with Crippen molar-refractivity contribution < 1.29 is 13.9 Å². The summed E-state index contributed by atoms with van der Waals surface area (Å²) in [4.78, 5) is 20.1. The first-order valence-electron chi connectivity index (χ1n) is 5.49. The maximum Gasteiger partial charge on any atom is 0.416 e. The Hall–Kier alpha value is -1.72. The lowest BCUT2D eigenvalue weighted by molar-refractivity contribution is 0.136. The van der Waals surface area contributed by atoms with Gasteiger partial charge >= 0.3 is 12.2 Å². The number of amides is 1. The van der Waals surface area contributed by atoms with Crippen LogP contribution in [0.2, 0.25) is 0 Å². The molecule has 1 aliphatic heterocycles. The molecule has 1 amide bonds. The van der Waals surface area contributed by atoms with Gasteiger partial charge in [0.1, 0.15) is 11.9 Å². The second kappa shape index (κ2) is 4.27. The van der Waals surface area contributed by atoms with E-state index < -0.39 is 12.2 Å². The molecule has 0 saturated carbocycles. The number of hydrogen-bond acceptors (Lipinski definition) is 4. The number of ether oxygens (including phenoxy) is 1. The first-order chi connectivity index (χ1) is 8.00. The minimum Gasteiger partial charge on any atom is -0.444 e. The number of rotatable bonds is 2. The van der Waals surface area contributed by atoms with Gasteiger partial charge in [-0.2, -0.15) is 9.37 Å². The molecular weight excluding hydrogens is 225 g/mol. The van der Waals surface area contributed by atoms with Crippen LogP contribution in [-0.4, -0.2) is 28.2 Å². The smallest absolute Gasteiger partial charge is 0.416 e. The van der Waals surface area contributed by atoms with E-state index in [1.807, 2.05) is 20.8 Å². The van der Waals surface area contributed by atoms with Gasteiger partial charge in [-0.25, -0.2) is 9.78 Å². The largest absolute Gasteiger partial charge is 0.444 e. The van der Waals surface area contributed by atoms with E-state index in [4.69, 9.17) is 4.74 Å². The highest BCUT2D eigenvalue weighted by Gasteiger charge is 2.42. The summed E-state index contributed by atoms with van der Waals surface area (Å²) in [6, 6.07) is 1.36. The van der Waals surface area contributed by atoms with E-state index in [1.54, 1.807) is 0 Å². The van der Waals surface area contributed by atoms with Gasteiger partial charge in [-0.1, -0.05) is 13.8 Å². The summed E-state index contributed by atoms with van der Waals surface area (Å²) in [6.45, 7) is 5.78. The molecule has 1 unspecified atom stereocenters. The normalized spacial score (nSPS) is 24.3. The summed E-state index contributed by atoms with van der Waals surface area (Å²) in [7, 11) is 0. The van der Waals surface area contributed by atoms with E-state index in [0.717, 1.165) is 0 Å². The summed E-state index contributed by atoms with van der Waals surface area (Å²) in [5.41, 5.74) is 0. The molecule has 0 spiro atoms. The van der Waals surface area contributed by atoms with Gasteiger partial charge in [0, 0.05) is 6.20 Å². The van der Waals surface area contributed by atoms with Crippen LogP contribution in [0, 0.1) is 12.0 Å². The topological polar surface area (TPSA) is 55.3 Å². The lowest BCUT2D eigenvalue weighted by Crippen LogP contribution is -2.40. The molecule has 17 heavy (non-hydrogen) atoms. The summed E-state index contributed by atoms with van der Waals surface area (Å²) in [6.07, 6.45) is -0.294. The number of anilines is 1. The van der Waals surface area contributed by atoms with Crippen LogP contribution < -0.4 is 4.90 Å². The van der Waals surface area contributed by atoms with Gasteiger partial charge in [0.2, 0.25) is 0 Å². The Morgan fingerprint density at radius 1 is 1.53 bits per heavy atom. The molecule has 1 fully saturated rings. The van der Waals surface area contributed by atoms with Crippen molar-refractivity contribution in [1.82, 2.24) is 9.97 Å². The second-order valence-electron chi connectivity index (χ2n) is 4.38. The van der Waals surface area contributed by atoms with Crippen molar-refractivity contribution in [2.75, 3.05) is 4.90 Å². The van der Waals surface area contributed by atoms with Gasteiger partial charge in [-0.15, -0.1) is 0 Å². The number of carbonyl (C=O) groups is 1. The van der Waals surface area contributed by atoms with Crippen LogP contribution in [0.5, 0.6) is 0 Å². The highest BCUT2D eigenvalue weighted by atomic mass is 19.1. The summed E-state index contributed by atoms with van der Waals surface area (Å²) in [5, 5.41) is 0. The van der Waals surface area contributed by atoms with Crippen LogP contribution in [-0.2, 0) is 4.74 Å². The van der Waals surface area contributed by atoms with Crippen LogP contribution in [0.4, 0.5) is 15.0 Å². The molecule has 1 saturated heterocycles. The molecular formula is C11H14FN3O2. The molecule has 0 N–H and O–H groups in total. The van der Waals surface area contributed by atoms with Gasteiger partial charge in [0.05, 0.1) is 6.04 Å². The molecule has 0 aromatic carbocycles. The highest BCUT2D eigenvalue weighted by molar-refractivity contribution is 5.89. The number of carbonyl (C=O) groups excluding carboxylic acids is 1. The van der Waals surface area contributed by atoms with Crippen LogP contribution in [0.15, 0.2) is 12.3 Å². The molecule has 5 nitrogen and oxygen atoms in total. The monoisotopic (exact) mass is 239 g/mol. The minimum atomic E-state index is -0.850. The van der Waals surface area contributed by atoms with Crippen LogP contribution in [0.1, 0.15) is 20.8 Å². The Bertz CT molecular complexity index is 438. The van der Waals surface area contributed by atoms with Crippen LogP contribution in [0.25, 0.3) is 0 Å². The highest BCUT2D eigenvalue weighted by Crippen LogP contribution is 2.29. The van der Waals surface area contributed by atoms with E-state index in [0.29, 0.717) is 0 Å². The standard InChI is InChI=1S/C11H14FN3O2/c1-6(2)9-7(3)17-11(16)15(9)8-4-5-13-10(12)14-8/h4-7,9H,1-3H3/t7?,9-/m0/s1. The number of halogens is 1. The van der Waals surface area contributed by atoms with Crippen molar-refractivity contribution in [2.24, 2.45) is 5.92 Å². The van der Waals surface area contributed by atoms with Crippen LogP contribution >= 0.6 is 0 Å². The quantitative estimate of drug-likeness (QED) is 0.740. The molecule has 0 aliphatic carbocycles. The number of aromatic nitrogens is 2. The average Bonchev–Trinajstić information content (AvgIpc) is 2.53. The number of nitrogens with zero attached hydrogens (tertiary/aromatic N) is 3. The van der Waals surface area contributed by atoms with Gasteiger partial charge in [0.25, 0.3) is 0 Å². The molecule has 2 heterocycles. The van der Waals surface area contributed by atoms with Gasteiger partial charge in [-0.05, 0) is 18.9 Å². The van der Waals surface area contributed by atoms with E-state index >= 15 is 0 Å². The third kappa shape index (κ3) is 2.07. The van der Waals surface area contributed by atoms with Gasteiger partial charge in [0.15, 0.2) is 0 Å². The zero-order chi connectivity index (χ0) is 12.6. The molecule has 0 radical (unpaired) electrons. The lowest BCUT2D eigenvalue weighted by atomic mass is 9.99. The zero-order valence-corrected chi connectivity index (χ0v) is 9.92. The molecule has 92 valence electrons. The van der Waals surface area contributed by atoms with Gasteiger partial charge < -0.3 is 4.74 Å². The zero-order valence-electron chi connectivity index (χ0n) is 9.92. The first kappa shape index (κ1) is 11.8. The Morgan fingerprint density at radius 2 is 2.24 bits per heavy atom. The van der Waals surface area contributed by atoms with E-state index in [2.05, 4.69) is 9.97 Å². The van der Waals surface area contributed by atoms with E-state index in [-0.39, 0.29) is 23.9 Å². The van der Waals surface area contributed by atoms with Crippen molar-refractivity contribution in [3.05, 3.63) is 18.3 Å². The predicted molar refractivity (Wildman–Crippen MR) is 59.0 cm³/mol. The molecule has 0 bridgehead atoms. The fourth-order valence-corrected chi connectivity index (χ4v) is 2.16. The molecule has 6 heteroatoms. The number of cyclic esters (lactones) is 1. The third-order valence-electron chi connectivity index (χ3n) is 2.80. The van der Waals surface area contributed by atoms with Gasteiger partial charge in [-0.3, -0.25) is 4.90 Å². The molecule has 1 aliphatic rings. The lowest BCUT2D eigenvalue weighted by Gasteiger charge is -2.25. The maximum atomic E-state index is 13.0. The molecule has 2 rings (SSSR count). The second-order valence-corrected chi connectivity index (χ2v) is 4.38. The minimum absolute atomic E-state index is 0.142. The van der Waals surface area contributed by atoms with Crippen LogP contribution in [0.3, 0.4) is 0 Å².